The highest BCUT2D eigenvalue weighted by Gasteiger charge is 2.16. The van der Waals surface area contributed by atoms with Crippen LogP contribution in [-0.2, 0) is 10.2 Å². The van der Waals surface area contributed by atoms with Crippen LogP contribution >= 0.6 is 0 Å². The van der Waals surface area contributed by atoms with E-state index in [9.17, 15) is 8.42 Å². The van der Waals surface area contributed by atoms with Crippen LogP contribution in [0.2, 0.25) is 0 Å². The number of hydrogen-bond acceptors (Lipinski definition) is 3. The molecule has 0 heterocycles. The number of rotatable bonds is 7. The van der Waals surface area contributed by atoms with E-state index in [4.69, 9.17) is 5.26 Å². The molecule has 0 saturated carbocycles. The lowest BCUT2D eigenvalue weighted by Gasteiger charge is -2.18. The van der Waals surface area contributed by atoms with Crippen LogP contribution < -0.4 is 4.72 Å². The largest absolute Gasteiger partial charge is 0.279 e. The molecule has 0 saturated heterocycles. The summed E-state index contributed by atoms with van der Waals surface area (Å²) in [7, 11) is -3.33. The molecule has 5 nitrogen and oxygen atoms in total. The van der Waals surface area contributed by atoms with Crippen LogP contribution in [0.4, 0.5) is 0 Å². The highest BCUT2D eigenvalue weighted by atomic mass is 32.2. The molecule has 0 spiro atoms. The molecular formula is C8H17N3O2S. The normalized spacial score (nSPS) is 11.6. The summed E-state index contributed by atoms with van der Waals surface area (Å²) in [4.78, 5) is 0. The maximum Gasteiger partial charge on any atom is 0.279 e. The Kier molecular flexibility index (Phi) is 6.45. The van der Waals surface area contributed by atoms with E-state index >= 15 is 0 Å². The van der Waals surface area contributed by atoms with Crippen LogP contribution in [0.3, 0.4) is 0 Å². The van der Waals surface area contributed by atoms with E-state index < -0.39 is 10.2 Å². The molecule has 0 amide bonds. The van der Waals surface area contributed by atoms with Crippen LogP contribution in [0.15, 0.2) is 0 Å². The maximum atomic E-state index is 11.5. The standard InChI is InChI=1S/C8H17N3O2S/c1-3-11(4-2)14(12,13)10-8-6-5-7-9/h10H,3-6,8H2,1-2H3. The first-order chi connectivity index (χ1) is 6.58. The zero-order valence-electron chi connectivity index (χ0n) is 8.65. The molecule has 0 fully saturated rings. The number of nitrogens with one attached hydrogen (secondary N) is 1. The molecule has 0 aliphatic rings. The summed E-state index contributed by atoms with van der Waals surface area (Å²) in [5.74, 6) is 0. The Morgan fingerprint density at radius 1 is 1.36 bits per heavy atom. The molecular weight excluding hydrogens is 202 g/mol. The SMILES string of the molecule is CCN(CC)S(=O)(=O)NCCCC#N. The van der Waals surface area contributed by atoms with Gasteiger partial charge in [0.1, 0.15) is 0 Å². The predicted molar refractivity (Wildman–Crippen MR) is 54.7 cm³/mol. The summed E-state index contributed by atoms with van der Waals surface area (Å²) in [5, 5.41) is 8.26. The Bertz CT molecular complexity index is 277. The molecule has 0 aromatic carbocycles. The lowest BCUT2D eigenvalue weighted by molar-refractivity contribution is 0.434. The minimum absolute atomic E-state index is 0.326. The van der Waals surface area contributed by atoms with Gasteiger partial charge in [0, 0.05) is 26.1 Å². The molecule has 0 unspecified atom stereocenters. The van der Waals surface area contributed by atoms with Crippen molar-refractivity contribution in [1.29, 1.82) is 5.26 Å². The molecule has 0 aliphatic heterocycles. The minimum Gasteiger partial charge on any atom is -0.202 e. The first-order valence-corrected chi connectivity index (χ1v) is 6.14. The summed E-state index contributed by atoms with van der Waals surface area (Å²) < 4.78 is 26.8. The van der Waals surface area contributed by atoms with Crippen molar-refractivity contribution >= 4 is 10.2 Å². The first-order valence-electron chi connectivity index (χ1n) is 4.70. The minimum atomic E-state index is -3.33. The van der Waals surface area contributed by atoms with Crippen LogP contribution in [0.5, 0.6) is 0 Å². The Labute approximate surface area is 85.9 Å². The van der Waals surface area contributed by atoms with Crippen LogP contribution in [0.1, 0.15) is 26.7 Å². The third kappa shape index (κ3) is 4.56. The van der Waals surface area contributed by atoms with Gasteiger partial charge in [0.05, 0.1) is 6.07 Å². The Balaban J connectivity index is 4.02. The topological polar surface area (TPSA) is 73.2 Å². The summed E-state index contributed by atoms with van der Waals surface area (Å²) in [6.07, 6.45) is 0.928. The number of nitrogens with zero attached hydrogens (tertiary/aromatic N) is 2. The van der Waals surface area contributed by atoms with E-state index in [0.717, 1.165) is 0 Å². The van der Waals surface area contributed by atoms with E-state index in [1.807, 2.05) is 6.07 Å². The summed E-state index contributed by atoms with van der Waals surface area (Å²) in [6.45, 7) is 4.83. The van der Waals surface area contributed by atoms with E-state index in [0.29, 0.717) is 32.5 Å². The zero-order chi connectivity index (χ0) is 11.0. The van der Waals surface area contributed by atoms with E-state index in [1.165, 1.54) is 4.31 Å². The second kappa shape index (κ2) is 6.76. The van der Waals surface area contributed by atoms with Crippen molar-refractivity contribution < 1.29 is 8.42 Å². The van der Waals surface area contributed by atoms with Gasteiger partial charge in [-0.25, -0.2) is 4.72 Å². The molecule has 0 aromatic rings. The van der Waals surface area contributed by atoms with Gasteiger partial charge in [0.25, 0.3) is 10.2 Å². The van der Waals surface area contributed by atoms with Crippen LogP contribution in [0.25, 0.3) is 0 Å². The smallest absolute Gasteiger partial charge is 0.202 e. The van der Waals surface area contributed by atoms with Crippen LogP contribution in [-0.4, -0.2) is 32.4 Å². The van der Waals surface area contributed by atoms with Crippen molar-refractivity contribution in [2.75, 3.05) is 19.6 Å². The van der Waals surface area contributed by atoms with Gasteiger partial charge in [-0.05, 0) is 6.42 Å². The van der Waals surface area contributed by atoms with Crippen molar-refractivity contribution in [3.05, 3.63) is 0 Å². The van der Waals surface area contributed by atoms with Gasteiger partial charge in [-0.3, -0.25) is 0 Å². The second-order valence-corrected chi connectivity index (χ2v) is 4.50. The van der Waals surface area contributed by atoms with Gasteiger partial charge < -0.3 is 0 Å². The second-order valence-electron chi connectivity index (χ2n) is 2.75. The molecule has 0 aromatic heterocycles. The number of nitriles is 1. The molecule has 0 rings (SSSR count). The lowest BCUT2D eigenvalue weighted by Crippen LogP contribution is -2.40. The first kappa shape index (κ1) is 13.4. The number of hydrogen-bond donors (Lipinski definition) is 1. The quantitative estimate of drug-likeness (QED) is 0.632. The average Bonchev–Trinajstić information content (AvgIpc) is 2.14. The van der Waals surface area contributed by atoms with E-state index in [-0.39, 0.29) is 0 Å². The fraction of sp³-hybridized carbons (Fsp3) is 0.875. The van der Waals surface area contributed by atoms with Crippen molar-refractivity contribution in [2.24, 2.45) is 0 Å². The van der Waals surface area contributed by atoms with Gasteiger partial charge in [0.15, 0.2) is 0 Å². The number of unbranched alkanes of at least 4 members (excludes halogenated alkanes) is 1. The van der Waals surface area contributed by atoms with E-state index in [1.54, 1.807) is 13.8 Å². The highest BCUT2D eigenvalue weighted by molar-refractivity contribution is 7.87. The van der Waals surface area contributed by atoms with Crippen molar-refractivity contribution in [2.45, 2.75) is 26.7 Å². The van der Waals surface area contributed by atoms with Gasteiger partial charge in [-0.1, -0.05) is 13.8 Å². The monoisotopic (exact) mass is 219 g/mol. The fourth-order valence-corrected chi connectivity index (χ4v) is 2.29. The molecule has 0 bridgehead atoms. The van der Waals surface area contributed by atoms with Crippen molar-refractivity contribution in [3.8, 4) is 6.07 Å². The maximum absolute atomic E-state index is 11.5. The predicted octanol–water partition coefficient (Wildman–Crippen LogP) is 0.466. The molecule has 14 heavy (non-hydrogen) atoms. The lowest BCUT2D eigenvalue weighted by atomic mass is 10.3. The highest BCUT2D eigenvalue weighted by Crippen LogP contribution is 1.96. The third-order valence-electron chi connectivity index (χ3n) is 1.80. The van der Waals surface area contributed by atoms with Gasteiger partial charge >= 0.3 is 0 Å². The van der Waals surface area contributed by atoms with Crippen LogP contribution in [0, 0.1) is 11.3 Å². The third-order valence-corrected chi connectivity index (χ3v) is 3.56. The Hall–Kier alpha value is -0.640. The van der Waals surface area contributed by atoms with Gasteiger partial charge in [0.2, 0.25) is 0 Å². The molecule has 0 aliphatic carbocycles. The average molecular weight is 219 g/mol. The molecule has 6 heteroatoms. The van der Waals surface area contributed by atoms with Gasteiger partial charge in [-0.15, -0.1) is 0 Å². The summed E-state index contributed by atoms with van der Waals surface area (Å²) in [5.41, 5.74) is 0. The Morgan fingerprint density at radius 3 is 2.36 bits per heavy atom. The van der Waals surface area contributed by atoms with Crippen molar-refractivity contribution in [1.82, 2.24) is 9.03 Å². The zero-order valence-corrected chi connectivity index (χ0v) is 9.47. The van der Waals surface area contributed by atoms with E-state index in [2.05, 4.69) is 4.72 Å². The van der Waals surface area contributed by atoms with Gasteiger partial charge in [-0.2, -0.15) is 18.0 Å². The van der Waals surface area contributed by atoms with Crippen molar-refractivity contribution in [3.63, 3.8) is 0 Å². The molecule has 82 valence electrons. The Morgan fingerprint density at radius 2 is 1.93 bits per heavy atom. The molecule has 1 N–H and O–H groups in total. The fourth-order valence-electron chi connectivity index (χ4n) is 1.02. The molecule has 0 radical (unpaired) electrons. The summed E-state index contributed by atoms with van der Waals surface area (Å²) >= 11 is 0. The summed E-state index contributed by atoms with van der Waals surface area (Å²) in [6, 6.07) is 1.96. The molecule has 0 atom stereocenters.